The molecule has 72 valence electrons. The minimum absolute atomic E-state index is 0.711. The van der Waals surface area contributed by atoms with Gasteiger partial charge in [0.25, 0.3) is 0 Å². The molecule has 2 nitrogen and oxygen atoms in total. The first-order valence-corrected chi connectivity index (χ1v) is 5.17. The first-order chi connectivity index (χ1) is 5.74. The maximum absolute atomic E-state index is 3.48. The second kappa shape index (κ2) is 4.83. The summed E-state index contributed by atoms with van der Waals surface area (Å²) in [4.78, 5) is 2.51. The number of hydrogen-bond acceptors (Lipinski definition) is 2. The Balaban J connectivity index is 2.29. The average molecular weight is 170 g/mol. The Morgan fingerprint density at radius 2 is 2.25 bits per heavy atom. The van der Waals surface area contributed by atoms with E-state index in [4.69, 9.17) is 0 Å². The molecule has 1 aliphatic heterocycles. The van der Waals surface area contributed by atoms with Crippen LogP contribution < -0.4 is 5.32 Å². The zero-order chi connectivity index (χ0) is 8.97. The molecule has 1 rings (SSSR count). The molecule has 0 amide bonds. The Morgan fingerprint density at radius 1 is 1.50 bits per heavy atom. The highest BCUT2D eigenvalue weighted by Gasteiger charge is 2.20. The minimum Gasteiger partial charge on any atom is -0.314 e. The van der Waals surface area contributed by atoms with Crippen LogP contribution in [0.25, 0.3) is 0 Å². The van der Waals surface area contributed by atoms with Crippen LogP contribution in [-0.2, 0) is 0 Å². The van der Waals surface area contributed by atoms with Gasteiger partial charge in [0.1, 0.15) is 0 Å². The van der Waals surface area contributed by atoms with E-state index in [1.807, 2.05) is 0 Å². The smallest absolute Gasteiger partial charge is 0.0119 e. The molecule has 0 radical (unpaired) electrons. The Kier molecular flexibility index (Phi) is 4.02. The van der Waals surface area contributed by atoms with Crippen LogP contribution in [0.4, 0.5) is 0 Å². The van der Waals surface area contributed by atoms with E-state index in [9.17, 15) is 0 Å². The molecule has 12 heavy (non-hydrogen) atoms. The molecule has 0 bridgehead atoms. The molecule has 2 atom stereocenters. The highest BCUT2D eigenvalue weighted by atomic mass is 15.1. The Labute approximate surface area is 76.3 Å². The quantitative estimate of drug-likeness (QED) is 0.690. The van der Waals surface area contributed by atoms with Crippen molar-refractivity contribution in [2.45, 2.75) is 45.2 Å². The Hall–Kier alpha value is -0.0800. The molecule has 2 unspecified atom stereocenters. The number of piperidine rings is 1. The van der Waals surface area contributed by atoms with E-state index < -0.39 is 0 Å². The molecule has 1 fully saturated rings. The zero-order valence-electron chi connectivity index (χ0n) is 8.64. The van der Waals surface area contributed by atoms with Crippen molar-refractivity contribution in [1.29, 1.82) is 0 Å². The molecule has 1 heterocycles. The van der Waals surface area contributed by atoms with Crippen molar-refractivity contribution in [3.05, 3.63) is 0 Å². The van der Waals surface area contributed by atoms with Crippen LogP contribution >= 0.6 is 0 Å². The van der Waals surface area contributed by atoms with Crippen LogP contribution in [0.2, 0.25) is 0 Å². The van der Waals surface area contributed by atoms with Crippen molar-refractivity contribution < 1.29 is 0 Å². The fourth-order valence-electron chi connectivity index (χ4n) is 2.04. The van der Waals surface area contributed by atoms with Crippen molar-refractivity contribution >= 4 is 0 Å². The summed E-state index contributed by atoms with van der Waals surface area (Å²) in [6.45, 7) is 6.98. The van der Waals surface area contributed by atoms with Gasteiger partial charge in [-0.2, -0.15) is 0 Å². The largest absolute Gasteiger partial charge is 0.314 e. The molecule has 1 saturated heterocycles. The van der Waals surface area contributed by atoms with Crippen molar-refractivity contribution in [2.75, 3.05) is 20.1 Å². The van der Waals surface area contributed by atoms with E-state index in [2.05, 4.69) is 31.1 Å². The summed E-state index contributed by atoms with van der Waals surface area (Å²) in [7, 11) is 2.26. The van der Waals surface area contributed by atoms with Crippen LogP contribution in [0, 0.1) is 0 Å². The van der Waals surface area contributed by atoms with Gasteiger partial charge in [-0.3, -0.25) is 0 Å². The van der Waals surface area contributed by atoms with Crippen LogP contribution in [0.5, 0.6) is 0 Å². The lowest BCUT2D eigenvalue weighted by Gasteiger charge is -2.34. The predicted molar refractivity (Wildman–Crippen MR) is 53.4 cm³/mol. The second-order valence-electron chi connectivity index (χ2n) is 4.01. The van der Waals surface area contributed by atoms with Gasteiger partial charge in [0.2, 0.25) is 0 Å². The molecule has 1 N–H and O–H groups in total. The van der Waals surface area contributed by atoms with Crippen molar-refractivity contribution in [1.82, 2.24) is 10.2 Å². The van der Waals surface area contributed by atoms with E-state index >= 15 is 0 Å². The third-order valence-corrected chi connectivity index (χ3v) is 2.80. The van der Waals surface area contributed by atoms with Crippen molar-refractivity contribution in [3.63, 3.8) is 0 Å². The monoisotopic (exact) mass is 170 g/mol. The summed E-state index contributed by atoms with van der Waals surface area (Å²) in [6.07, 6.45) is 3.91. The average Bonchev–Trinajstić information content (AvgIpc) is 2.05. The van der Waals surface area contributed by atoms with Crippen LogP contribution in [0.3, 0.4) is 0 Å². The normalized spacial score (nSPS) is 31.0. The van der Waals surface area contributed by atoms with Gasteiger partial charge in [0.15, 0.2) is 0 Å². The van der Waals surface area contributed by atoms with Gasteiger partial charge >= 0.3 is 0 Å². The molecule has 0 aromatic carbocycles. The lowest BCUT2D eigenvalue weighted by Crippen LogP contribution is -2.45. The summed E-state index contributed by atoms with van der Waals surface area (Å²) < 4.78 is 0. The van der Waals surface area contributed by atoms with E-state index in [0.717, 1.165) is 6.04 Å². The van der Waals surface area contributed by atoms with Gasteiger partial charge in [0, 0.05) is 12.1 Å². The first-order valence-electron chi connectivity index (χ1n) is 5.17. The maximum atomic E-state index is 3.48. The van der Waals surface area contributed by atoms with Gasteiger partial charge in [-0.15, -0.1) is 0 Å². The van der Waals surface area contributed by atoms with Crippen molar-refractivity contribution in [2.24, 2.45) is 0 Å². The first kappa shape index (κ1) is 10.0. The third-order valence-electron chi connectivity index (χ3n) is 2.80. The summed E-state index contributed by atoms with van der Waals surface area (Å²) >= 11 is 0. The van der Waals surface area contributed by atoms with Gasteiger partial charge < -0.3 is 10.2 Å². The summed E-state index contributed by atoms with van der Waals surface area (Å²) in [6, 6.07) is 1.53. The fraction of sp³-hybridized carbons (Fsp3) is 1.00. The molecule has 0 saturated carbocycles. The molecule has 0 aliphatic carbocycles. The highest BCUT2D eigenvalue weighted by molar-refractivity contribution is 4.80. The third kappa shape index (κ3) is 2.76. The summed E-state index contributed by atoms with van der Waals surface area (Å²) in [5, 5.41) is 3.48. The lowest BCUT2D eigenvalue weighted by atomic mass is 9.99. The highest BCUT2D eigenvalue weighted by Crippen LogP contribution is 2.13. The molecular weight excluding hydrogens is 148 g/mol. The Bertz CT molecular complexity index is 125. The lowest BCUT2D eigenvalue weighted by molar-refractivity contribution is 0.180. The minimum atomic E-state index is 0.711. The predicted octanol–water partition coefficient (Wildman–Crippen LogP) is 1.47. The standard InChI is InChI=1S/C10H22N2/c1-4-7-12(3)10-5-6-11-9(2)8-10/h9-11H,4-8H2,1-3H3. The molecule has 0 aromatic rings. The van der Waals surface area contributed by atoms with Gasteiger partial charge in [-0.1, -0.05) is 6.92 Å². The number of nitrogens with one attached hydrogen (secondary N) is 1. The topological polar surface area (TPSA) is 15.3 Å². The second-order valence-corrected chi connectivity index (χ2v) is 4.01. The van der Waals surface area contributed by atoms with E-state index in [0.29, 0.717) is 6.04 Å². The van der Waals surface area contributed by atoms with Crippen LogP contribution in [0.1, 0.15) is 33.1 Å². The molecule has 0 aromatic heterocycles. The van der Waals surface area contributed by atoms with Gasteiger partial charge in [-0.25, -0.2) is 0 Å². The number of hydrogen-bond donors (Lipinski definition) is 1. The molecular formula is C10H22N2. The van der Waals surface area contributed by atoms with Gasteiger partial charge in [0.05, 0.1) is 0 Å². The van der Waals surface area contributed by atoms with Gasteiger partial charge in [-0.05, 0) is 46.3 Å². The Morgan fingerprint density at radius 3 is 2.83 bits per heavy atom. The van der Waals surface area contributed by atoms with E-state index in [1.54, 1.807) is 0 Å². The van der Waals surface area contributed by atoms with Crippen LogP contribution in [-0.4, -0.2) is 37.1 Å². The van der Waals surface area contributed by atoms with E-state index in [-0.39, 0.29) is 0 Å². The fourth-order valence-corrected chi connectivity index (χ4v) is 2.04. The molecule has 0 spiro atoms. The van der Waals surface area contributed by atoms with Crippen LogP contribution in [0.15, 0.2) is 0 Å². The molecule has 2 heteroatoms. The maximum Gasteiger partial charge on any atom is 0.0119 e. The summed E-state index contributed by atoms with van der Waals surface area (Å²) in [5.74, 6) is 0. The SMILES string of the molecule is CCCN(C)C1CCNC(C)C1. The van der Waals surface area contributed by atoms with Crippen molar-refractivity contribution in [3.8, 4) is 0 Å². The number of rotatable bonds is 3. The number of nitrogens with zero attached hydrogens (tertiary/aromatic N) is 1. The molecule has 1 aliphatic rings. The van der Waals surface area contributed by atoms with E-state index in [1.165, 1.54) is 32.4 Å². The summed E-state index contributed by atoms with van der Waals surface area (Å²) in [5.41, 5.74) is 0. The zero-order valence-corrected chi connectivity index (χ0v) is 8.64.